The second kappa shape index (κ2) is 8.43. The van der Waals surface area contributed by atoms with Crippen LogP contribution in [0.15, 0.2) is 18.3 Å². The third-order valence-corrected chi connectivity index (χ3v) is 4.25. The standard InChI is InChI=1S/C16H27N3O3/c1-18(6-7-21-2)16-5-4-13(9-17-16)10-19-11-15(22-3)8-14(19)12-20/h4-5,9,14-15,20H,6-8,10-12H2,1-3H3/t14-,15-/m0/s1. The third kappa shape index (κ3) is 4.39. The number of anilines is 1. The van der Waals surface area contributed by atoms with Gasteiger partial charge >= 0.3 is 0 Å². The molecule has 0 spiro atoms. The lowest BCUT2D eigenvalue weighted by Crippen LogP contribution is -2.32. The fourth-order valence-electron chi connectivity index (χ4n) is 2.81. The molecule has 1 aromatic rings. The van der Waals surface area contributed by atoms with Crippen LogP contribution in [0.1, 0.15) is 12.0 Å². The van der Waals surface area contributed by atoms with E-state index in [-0.39, 0.29) is 18.8 Å². The van der Waals surface area contributed by atoms with Gasteiger partial charge in [0.05, 0.1) is 19.3 Å². The van der Waals surface area contributed by atoms with E-state index in [0.717, 1.165) is 37.4 Å². The van der Waals surface area contributed by atoms with Crippen molar-refractivity contribution >= 4 is 5.82 Å². The van der Waals surface area contributed by atoms with Crippen LogP contribution < -0.4 is 4.90 Å². The third-order valence-electron chi connectivity index (χ3n) is 4.25. The lowest BCUT2D eigenvalue weighted by molar-refractivity contribution is 0.107. The number of ether oxygens (including phenoxy) is 2. The SMILES string of the molecule is COCCN(C)c1ccc(CN2C[C@@H](OC)C[C@H]2CO)cn1. The summed E-state index contributed by atoms with van der Waals surface area (Å²) in [6.07, 6.45) is 3.01. The van der Waals surface area contributed by atoms with Crippen molar-refractivity contribution in [2.45, 2.75) is 25.1 Å². The van der Waals surface area contributed by atoms with E-state index in [2.05, 4.69) is 20.9 Å². The molecule has 22 heavy (non-hydrogen) atoms. The Morgan fingerprint density at radius 1 is 1.41 bits per heavy atom. The number of methoxy groups -OCH3 is 2. The van der Waals surface area contributed by atoms with Crippen molar-refractivity contribution in [3.05, 3.63) is 23.9 Å². The Hall–Kier alpha value is -1.21. The number of rotatable bonds is 8. The smallest absolute Gasteiger partial charge is 0.128 e. The Labute approximate surface area is 132 Å². The maximum absolute atomic E-state index is 9.50. The predicted molar refractivity (Wildman–Crippen MR) is 86.1 cm³/mol. The summed E-state index contributed by atoms with van der Waals surface area (Å²) >= 11 is 0. The molecule has 6 nitrogen and oxygen atoms in total. The first-order chi connectivity index (χ1) is 10.7. The summed E-state index contributed by atoms with van der Waals surface area (Å²) in [6.45, 7) is 3.32. The first-order valence-electron chi connectivity index (χ1n) is 7.70. The molecule has 2 atom stereocenters. The predicted octanol–water partition coefficient (Wildman–Crippen LogP) is 0.746. The molecular weight excluding hydrogens is 282 g/mol. The van der Waals surface area contributed by atoms with Crippen molar-refractivity contribution in [2.24, 2.45) is 0 Å². The van der Waals surface area contributed by atoms with Gasteiger partial charge in [-0.05, 0) is 18.1 Å². The Morgan fingerprint density at radius 3 is 2.82 bits per heavy atom. The van der Waals surface area contributed by atoms with Crippen LogP contribution in [0.2, 0.25) is 0 Å². The molecule has 6 heteroatoms. The highest BCUT2D eigenvalue weighted by molar-refractivity contribution is 5.38. The van der Waals surface area contributed by atoms with E-state index in [9.17, 15) is 5.11 Å². The van der Waals surface area contributed by atoms with Crippen molar-refractivity contribution < 1.29 is 14.6 Å². The molecule has 1 aliphatic heterocycles. The number of likely N-dealkylation sites (N-methyl/N-ethyl adjacent to an activating group) is 1. The minimum absolute atomic E-state index is 0.172. The molecule has 1 saturated heterocycles. The van der Waals surface area contributed by atoms with Crippen LogP contribution in [-0.2, 0) is 16.0 Å². The highest BCUT2D eigenvalue weighted by Gasteiger charge is 2.31. The van der Waals surface area contributed by atoms with E-state index < -0.39 is 0 Å². The van der Waals surface area contributed by atoms with Crippen LogP contribution in [0.5, 0.6) is 0 Å². The molecule has 124 valence electrons. The number of aliphatic hydroxyl groups excluding tert-OH is 1. The zero-order chi connectivity index (χ0) is 15.9. The van der Waals surface area contributed by atoms with Crippen LogP contribution in [0.25, 0.3) is 0 Å². The average Bonchev–Trinajstić information content (AvgIpc) is 2.95. The van der Waals surface area contributed by atoms with Gasteiger partial charge in [-0.1, -0.05) is 6.07 Å². The minimum atomic E-state index is 0.172. The minimum Gasteiger partial charge on any atom is -0.395 e. The van der Waals surface area contributed by atoms with Gasteiger partial charge in [0.25, 0.3) is 0 Å². The number of aromatic nitrogens is 1. The molecule has 1 aliphatic rings. The van der Waals surface area contributed by atoms with Crippen molar-refractivity contribution in [3.8, 4) is 0 Å². The topological polar surface area (TPSA) is 58.1 Å². The molecule has 0 radical (unpaired) electrons. The molecule has 1 fully saturated rings. The molecule has 2 heterocycles. The van der Waals surface area contributed by atoms with Gasteiger partial charge in [-0.25, -0.2) is 4.98 Å². The second-order valence-corrected chi connectivity index (χ2v) is 5.80. The molecule has 0 aliphatic carbocycles. The number of aliphatic hydroxyl groups is 1. The van der Waals surface area contributed by atoms with E-state index >= 15 is 0 Å². The molecule has 0 unspecified atom stereocenters. The molecule has 2 rings (SSSR count). The summed E-state index contributed by atoms with van der Waals surface area (Å²) < 4.78 is 10.5. The zero-order valence-electron chi connectivity index (χ0n) is 13.7. The number of hydrogen-bond donors (Lipinski definition) is 1. The van der Waals surface area contributed by atoms with Gasteiger partial charge < -0.3 is 19.5 Å². The van der Waals surface area contributed by atoms with Gasteiger partial charge in [0, 0.05) is 53.1 Å². The van der Waals surface area contributed by atoms with E-state index in [1.165, 1.54) is 0 Å². The van der Waals surface area contributed by atoms with Gasteiger partial charge in [-0.3, -0.25) is 4.90 Å². The van der Waals surface area contributed by atoms with Crippen LogP contribution in [0, 0.1) is 0 Å². The molecule has 0 saturated carbocycles. The average molecular weight is 309 g/mol. The summed E-state index contributed by atoms with van der Waals surface area (Å²) in [5.74, 6) is 0.940. The van der Waals surface area contributed by atoms with E-state index in [1.807, 2.05) is 19.3 Å². The summed E-state index contributed by atoms with van der Waals surface area (Å²) in [5, 5.41) is 9.50. The highest BCUT2D eigenvalue weighted by atomic mass is 16.5. The molecule has 0 aromatic carbocycles. The van der Waals surface area contributed by atoms with Crippen LogP contribution in [-0.4, -0.2) is 74.7 Å². The monoisotopic (exact) mass is 309 g/mol. The van der Waals surface area contributed by atoms with Crippen molar-refractivity contribution in [2.75, 3.05) is 52.5 Å². The van der Waals surface area contributed by atoms with Gasteiger partial charge in [0.1, 0.15) is 5.82 Å². The maximum atomic E-state index is 9.50. The lowest BCUT2D eigenvalue weighted by Gasteiger charge is -2.23. The number of pyridine rings is 1. The van der Waals surface area contributed by atoms with Crippen molar-refractivity contribution in [1.29, 1.82) is 0 Å². The van der Waals surface area contributed by atoms with E-state index in [4.69, 9.17) is 9.47 Å². The van der Waals surface area contributed by atoms with E-state index in [1.54, 1.807) is 14.2 Å². The first kappa shape index (κ1) is 17.1. The molecule has 1 N–H and O–H groups in total. The summed E-state index contributed by atoms with van der Waals surface area (Å²) in [5.41, 5.74) is 1.15. The Kier molecular flexibility index (Phi) is 6.57. The second-order valence-electron chi connectivity index (χ2n) is 5.80. The van der Waals surface area contributed by atoms with Gasteiger partial charge in [0.15, 0.2) is 0 Å². The molecule has 1 aromatic heterocycles. The lowest BCUT2D eigenvalue weighted by atomic mass is 10.2. The number of nitrogens with zero attached hydrogens (tertiary/aromatic N) is 3. The van der Waals surface area contributed by atoms with Gasteiger partial charge in [-0.2, -0.15) is 0 Å². The molecule has 0 amide bonds. The highest BCUT2D eigenvalue weighted by Crippen LogP contribution is 2.22. The Balaban J connectivity index is 1.93. The normalized spacial score (nSPS) is 22.2. The summed E-state index contributed by atoms with van der Waals surface area (Å²) in [7, 11) is 5.44. The van der Waals surface area contributed by atoms with Crippen LogP contribution in [0.4, 0.5) is 5.82 Å². The number of likely N-dealkylation sites (tertiary alicyclic amines) is 1. The van der Waals surface area contributed by atoms with Gasteiger partial charge in [0.2, 0.25) is 0 Å². The summed E-state index contributed by atoms with van der Waals surface area (Å²) in [4.78, 5) is 8.85. The van der Waals surface area contributed by atoms with Gasteiger partial charge in [-0.15, -0.1) is 0 Å². The maximum Gasteiger partial charge on any atom is 0.128 e. The first-order valence-corrected chi connectivity index (χ1v) is 7.70. The van der Waals surface area contributed by atoms with Crippen molar-refractivity contribution in [3.63, 3.8) is 0 Å². The van der Waals surface area contributed by atoms with Crippen molar-refractivity contribution in [1.82, 2.24) is 9.88 Å². The fraction of sp³-hybridized carbons (Fsp3) is 0.688. The molecule has 0 bridgehead atoms. The van der Waals surface area contributed by atoms with E-state index in [0.29, 0.717) is 6.61 Å². The molecular formula is C16H27N3O3. The van der Waals surface area contributed by atoms with Crippen LogP contribution in [0.3, 0.4) is 0 Å². The number of hydrogen-bond acceptors (Lipinski definition) is 6. The van der Waals surface area contributed by atoms with Crippen LogP contribution >= 0.6 is 0 Å². The fourth-order valence-corrected chi connectivity index (χ4v) is 2.81. The Morgan fingerprint density at radius 2 is 2.23 bits per heavy atom. The largest absolute Gasteiger partial charge is 0.395 e. The zero-order valence-corrected chi connectivity index (χ0v) is 13.7. The summed E-state index contributed by atoms with van der Waals surface area (Å²) in [6, 6.07) is 4.30. The Bertz CT molecular complexity index is 441. The quantitative estimate of drug-likeness (QED) is 0.764.